The fourth-order valence-electron chi connectivity index (χ4n) is 4.11. The third-order valence-corrected chi connectivity index (χ3v) is 5.65. The van der Waals surface area contributed by atoms with Crippen molar-refractivity contribution in [3.63, 3.8) is 0 Å². The van der Waals surface area contributed by atoms with Crippen LogP contribution in [0.4, 0.5) is 0 Å². The van der Waals surface area contributed by atoms with Gasteiger partial charge in [0.1, 0.15) is 0 Å². The Kier molecular flexibility index (Phi) is 5.85. The third-order valence-electron chi connectivity index (χ3n) is 5.65. The number of carbonyl (C=O) groups is 1. The SMILES string of the molecule is O=C(C[C@H]1CC(CNCc2ccccc2)CO1)N1CCc2ccccc2C1. The van der Waals surface area contributed by atoms with E-state index in [4.69, 9.17) is 4.74 Å². The van der Waals surface area contributed by atoms with Crippen LogP contribution in [-0.4, -0.2) is 36.6 Å². The fourth-order valence-corrected chi connectivity index (χ4v) is 4.11. The van der Waals surface area contributed by atoms with E-state index in [2.05, 4.69) is 53.8 Å². The zero-order chi connectivity index (χ0) is 18.5. The van der Waals surface area contributed by atoms with E-state index < -0.39 is 0 Å². The minimum Gasteiger partial charge on any atom is -0.377 e. The summed E-state index contributed by atoms with van der Waals surface area (Å²) >= 11 is 0. The van der Waals surface area contributed by atoms with Gasteiger partial charge in [0.15, 0.2) is 0 Å². The maximum absolute atomic E-state index is 12.7. The van der Waals surface area contributed by atoms with Gasteiger partial charge in [-0.25, -0.2) is 0 Å². The van der Waals surface area contributed by atoms with Crippen LogP contribution < -0.4 is 5.32 Å². The smallest absolute Gasteiger partial charge is 0.225 e. The van der Waals surface area contributed by atoms with E-state index in [9.17, 15) is 4.79 Å². The molecule has 1 amide bonds. The van der Waals surface area contributed by atoms with E-state index in [1.54, 1.807) is 0 Å². The van der Waals surface area contributed by atoms with Crippen LogP contribution in [0.2, 0.25) is 0 Å². The summed E-state index contributed by atoms with van der Waals surface area (Å²) in [5.41, 5.74) is 3.96. The molecule has 27 heavy (non-hydrogen) atoms. The normalized spacial score (nSPS) is 21.9. The molecule has 4 heteroatoms. The Morgan fingerprint density at radius 3 is 2.70 bits per heavy atom. The molecule has 1 N–H and O–H groups in total. The highest BCUT2D eigenvalue weighted by atomic mass is 16.5. The van der Waals surface area contributed by atoms with Crippen molar-refractivity contribution < 1.29 is 9.53 Å². The van der Waals surface area contributed by atoms with Gasteiger partial charge < -0.3 is 15.0 Å². The van der Waals surface area contributed by atoms with E-state index in [0.29, 0.717) is 12.3 Å². The Morgan fingerprint density at radius 2 is 1.85 bits per heavy atom. The molecule has 0 saturated carbocycles. The van der Waals surface area contributed by atoms with E-state index in [0.717, 1.165) is 45.6 Å². The molecule has 4 nitrogen and oxygen atoms in total. The van der Waals surface area contributed by atoms with E-state index in [-0.39, 0.29) is 12.0 Å². The minimum atomic E-state index is 0.0678. The molecule has 2 heterocycles. The van der Waals surface area contributed by atoms with Gasteiger partial charge in [-0.3, -0.25) is 4.79 Å². The van der Waals surface area contributed by atoms with Gasteiger partial charge in [0, 0.05) is 26.2 Å². The van der Waals surface area contributed by atoms with Crippen molar-refractivity contribution in [3.8, 4) is 0 Å². The summed E-state index contributed by atoms with van der Waals surface area (Å²) in [5.74, 6) is 0.723. The first-order valence-electron chi connectivity index (χ1n) is 9.99. The van der Waals surface area contributed by atoms with Crippen LogP contribution in [0.15, 0.2) is 54.6 Å². The number of fused-ring (bicyclic) bond motifs is 1. The van der Waals surface area contributed by atoms with Crippen molar-refractivity contribution in [2.24, 2.45) is 5.92 Å². The van der Waals surface area contributed by atoms with Crippen LogP contribution in [0, 0.1) is 5.92 Å². The fraction of sp³-hybridized carbons (Fsp3) is 0.435. The highest BCUT2D eigenvalue weighted by Crippen LogP contribution is 2.24. The predicted octanol–water partition coefficient (Wildman–Crippen LogP) is 3.16. The molecule has 2 aliphatic heterocycles. The molecule has 1 saturated heterocycles. The molecular weight excluding hydrogens is 336 g/mol. The van der Waals surface area contributed by atoms with Crippen molar-refractivity contribution in [2.75, 3.05) is 19.7 Å². The first-order valence-corrected chi connectivity index (χ1v) is 9.99. The van der Waals surface area contributed by atoms with Crippen LogP contribution in [0.1, 0.15) is 29.5 Å². The molecular formula is C23H28N2O2. The lowest BCUT2D eigenvalue weighted by molar-refractivity contribution is -0.134. The number of carbonyl (C=O) groups excluding carboxylic acids is 1. The first kappa shape index (κ1) is 18.2. The Hall–Kier alpha value is -2.17. The lowest BCUT2D eigenvalue weighted by Gasteiger charge is -2.29. The summed E-state index contributed by atoms with van der Waals surface area (Å²) in [7, 11) is 0. The van der Waals surface area contributed by atoms with Crippen molar-refractivity contribution in [1.29, 1.82) is 0 Å². The average molecular weight is 364 g/mol. The van der Waals surface area contributed by atoms with Crippen molar-refractivity contribution in [3.05, 3.63) is 71.3 Å². The molecule has 2 aromatic carbocycles. The third kappa shape index (κ3) is 4.76. The van der Waals surface area contributed by atoms with Crippen molar-refractivity contribution in [2.45, 2.75) is 38.5 Å². The molecule has 2 aliphatic rings. The molecule has 2 atom stereocenters. The molecule has 0 spiro atoms. The Balaban J connectivity index is 1.20. The van der Waals surface area contributed by atoms with Crippen LogP contribution in [0.25, 0.3) is 0 Å². The molecule has 4 rings (SSSR count). The number of nitrogens with zero attached hydrogens (tertiary/aromatic N) is 1. The van der Waals surface area contributed by atoms with Gasteiger partial charge in [-0.05, 0) is 35.4 Å². The van der Waals surface area contributed by atoms with Gasteiger partial charge in [0.25, 0.3) is 0 Å². The number of nitrogens with one attached hydrogen (secondary N) is 1. The standard InChI is InChI=1S/C23H28N2O2/c26-23(25-11-10-20-8-4-5-9-21(20)16-25)13-22-12-19(17-27-22)15-24-14-18-6-2-1-3-7-18/h1-9,19,22,24H,10-17H2/t19?,22-/m1/s1. The van der Waals surface area contributed by atoms with Gasteiger partial charge in [0.2, 0.25) is 5.91 Å². The van der Waals surface area contributed by atoms with Gasteiger partial charge in [-0.15, -0.1) is 0 Å². The van der Waals surface area contributed by atoms with Crippen LogP contribution in [0.3, 0.4) is 0 Å². The van der Waals surface area contributed by atoms with Gasteiger partial charge >= 0.3 is 0 Å². The first-order chi connectivity index (χ1) is 13.3. The summed E-state index contributed by atoms with van der Waals surface area (Å²) in [5, 5.41) is 3.52. The van der Waals surface area contributed by atoms with E-state index in [1.807, 2.05) is 11.0 Å². The number of hydrogen-bond donors (Lipinski definition) is 1. The summed E-state index contributed by atoms with van der Waals surface area (Å²) in [6.45, 7) is 4.14. The summed E-state index contributed by atoms with van der Waals surface area (Å²) in [4.78, 5) is 14.7. The molecule has 2 aromatic rings. The number of benzene rings is 2. The molecule has 142 valence electrons. The molecule has 0 aromatic heterocycles. The number of hydrogen-bond acceptors (Lipinski definition) is 3. The maximum Gasteiger partial charge on any atom is 0.225 e. The number of amides is 1. The number of ether oxygens (including phenoxy) is 1. The Bertz CT molecular complexity index is 762. The second kappa shape index (κ2) is 8.68. The van der Waals surface area contributed by atoms with Crippen LogP contribution >= 0.6 is 0 Å². The van der Waals surface area contributed by atoms with E-state index >= 15 is 0 Å². The second-order valence-corrected chi connectivity index (χ2v) is 7.71. The van der Waals surface area contributed by atoms with Crippen molar-refractivity contribution >= 4 is 5.91 Å². The maximum atomic E-state index is 12.7. The van der Waals surface area contributed by atoms with Crippen LogP contribution in [-0.2, 0) is 29.0 Å². The monoisotopic (exact) mass is 364 g/mol. The lowest BCUT2D eigenvalue weighted by Crippen LogP contribution is -2.37. The highest BCUT2D eigenvalue weighted by molar-refractivity contribution is 5.77. The topological polar surface area (TPSA) is 41.6 Å². The molecule has 1 fully saturated rings. The lowest BCUT2D eigenvalue weighted by atomic mass is 9.99. The minimum absolute atomic E-state index is 0.0678. The van der Waals surface area contributed by atoms with Crippen molar-refractivity contribution in [1.82, 2.24) is 10.2 Å². The molecule has 0 bridgehead atoms. The summed E-state index contributed by atoms with van der Waals surface area (Å²) in [6, 6.07) is 18.9. The quantitative estimate of drug-likeness (QED) is 0.856. The van der Waals surface area contributed by atoms with Gasteiger partial charge in [0.05, 0.1) is 19.1 Å². The zero-order valence-corrected chi connectivity index (χ0v) is 15.8. The highest BCUT2D eigenvalue weighted by Gasteiger charge is 2.29. The largest absolute Gasteiger partial charge is 0.377 e. The summed E-state index contributed by atoms with van der Waals surface area (Å²) in [6.07, 6.45) is 2.51. The molecule has 1 unspecified atom stereocenters. The average Bonchev–Trinajstić information content (AvgIpc) is 3.15. The van der Waals surface area contributed by atoms with Crippen LogP contribution in [0.5, 0.6) is 0 Å². The van der Waals surface area contributed by atoms with Gasteiger partial charge in [-0.1, -0.05) is 54.6 Å². The molecule has 0 radical (unpaired) electrons. The van der Waals surface area contributed by atoms with E-state index in [1.165, 1.54) is 16.7 Å². The Morgan fingerprint density at radius 1 is 1.07 bits per heavy atom. The summed E-state index contributed by atoms with van der Waals surface area (Å²) < 4.78 is 5.91. The Labute approximate surface area is 161 Å². The second-order valence-electron chi connectivity index (χ2n) is 7.71. The number of rotatable bonds is 6. The predicted molar refractivity (Wildman–Crippen MR) is 106 cm³/mol. The zero-order valence-electron chi connectivity index (χ0n) is 15.8. The van der Waals surface area contributed by atoms with Gasteiger partial charge in [-0.2, -0.15) is 0 Å². The molecule has 0 aliphatic carbocycles.